The minimum atomic E-state index is 0. The van der Waals surface area contributed by atoms with Gasteiger partial charge in [-0.1, -0.05) is 50.1 Å². The fraction of sp³-hybridized carbons (Fsp3) is 0.250. The van der Waals surface area contributed by atoms with E-state index in [9.17, 15) is 0 Å². The average molecular weight is 722 g/mol. The minimum Gasteiger partial charge on any atom is -1.00 e. The van der Waals surface area contributed by atoms with Crippen LogP contribution in [0.15, 0.2) is 72.8 Å². The number of benzene rings is 3. The maximum absolute atomic E-state index is 2.26. The van der Waals surface area contributed by atoms with Gasteiger partial charge < -0.3 is 37.2 Å². The molecule has 0 aromatic heterocycles. The zero-order valence-corrected chi connectivity index (χ0v) is 33.0. The molecular formula is C36H39Cl3Ti3. The Kier molecular flexibility index (Phi) is 21.6. The normalized spacial score (nSPS) is 9.36. The molecule has 0 saturated heterocycles. The number of rotatable bonds is 0. The van der Waals surface area contributed by atoms with Crippen LogP contribution in [-0.2, 0) is 65.2 Å². The van der Waals surface area contributed by atoms with Gasteiger partial charge in [0, 0.05) is 0 Å². The number of fused-ring (bicyclic) bond motifs is 3. The van der Waals surface area contributed by atoms with Crippen LogP contribution in [0.1, 0.15) is 50.1 Å². The zero-order chi connectivity index (χ0) is 26.1. The van der Waals surface area contributed by atoms with Crippen LogP contribution in [0.25, 0.3) is 32.3 Å². The Bertz CT molecular complexity index is 1490. The molecule has 42 heavy (non-hydrogen) atoms. The predicted octanol–water partition coefficient (Wildman–Crippen LogP) is 1.46. The van der Waals surface area contributed by atoms with Crippen LogP contribution in [0.5, 0.6) is 0 Å². The molecule has 0 amide bonds. The second-order valence-corrected chi connectivity index (χ2v) is 10.4. The molecule has 6 heteroatoms. The quantitative estimate of drug-likeness (QED) is 0.165. The predicted molar refractivity (Wildman–Crippen MR) is 161 cm³/mol. The van der Waals surface area contributed by atoms with Gasteiger partial charge in [-0.15, -0.1) is 68.7 Å². The summed E-state index contributed by atoms with van der Waals surface area (Å²) in [5, 5.41) is 8.32. The first-order valence-corrected chi connectivity index (χ1v) is 13.0. The Hall–Kier alpha value is -0.497. The van der Waals surface area contributed by atoms with E-state index in [1.165, 1.54) is 82.4 Å². The molecule has 0 N–H and O–H groups in total. The number of hydrogen-bond donors (Lipinski definition) is 0. The first-order chi connectivity index (χ1) is 17.1. The van der Waals surface area contributed by atoms with E-state index in [0.717, 1.165) is 0 Å². The molecule has 0 bridgehead atoms. The Morgan fingerprint density at radius 1 is 0.357 bits per heavy atom. The van der Waals surface area contributed by atoms with Crippen molar-refractivity contribution in [3.8, 4) is 0 Å². The first-order valence-electron chi connectivity index (χ1n) is 13.0. The van der Waals surface area contributed by atoms with Crippen molar-refractivity contribution >= 4 is 32.3 Å². The van der Waals surface area contributed by atoms with E-state index in [-0.39, 0.29) is 102 Å². The molecule has 0 fully saturated rings. The Labute approximate surface area is 316 Å². The van der Waals surface area contributed by atoms with E-state index < -0.39 is 0 Å². The summed E-state index contributed by atoms with van der Waals surface area (Å²) in [4.78, 5) is 0. The molecule has 0 nitrogen and oxygen atoms in total. The van der Waals surface area contributed by atoms with Crippen LogP contribution in [0.2, 0.25) is 0 Å². The summed E-state index contributed by atoms with van der Waals surface area (Å²) in [7, 11) is 0. The van der Waals surface area contributed by atoms with Gasteiger partial charge in [-0.25, -0.2) is 0 Å². The van der Waals surface area contributed by atoms with Crippen LogP contribution >= 0.6 is 0 Å². The Morgan fingerprint density at radius 2 is 0.571 bits per heavy atom. The molecule has 0 unspecified atom stereocenters. The van der Waals surface area contributed by atoms with Crippen molar-refractivity contribution in [2.24, 2.45) is 0 Å². The largest absolute Gasteiger partial charge is 2.00 e. The van der Waals surface area contributed by atoms with E-state index in [0.29, 0.717) is 0 Å². The molecule has 6 rings (SSSR count). The number of halogens is 3. The Morgan fingerprint density at radius 3 is 0.786 bits per heavy atom. The van der Waals surface area contributed by atoms with Crippen molar-refractivity contribution in [3.05, 3.63) is 123 Å². The third kappa shape index (κ3) is 9.75. The first kappa shape index (κ1) is 45.9. The van der Waals surface area contributed by atoms with E-state index in [4.69, 9.17) is 0 Å². The summed E-state index contributed by atoms with van der Waals surface area (Å²) in [5.41, 5.74) is 12.7. The van der Waals surface area contributed by atoms with Gasteiger partial charge in [-0.3, -0.25) is 0 Å². The molecule has 6 aromatic rings. The molecule has 0 saturated carbocycles. The molecule has 0 aliphatic rings. The Balaban J connectivity index is -0.000000507. The van der Waals surface area contributed by atoms with Gasteiger partial charge in [0.1, 0.15) is 0 Å². The summed E-state index contributed by atoms with van der Waals surface area (Å²) in [6, 6.07) is 26.3. The summed E-state index contributed by atoms with van der Waals surface area (Å²) < 4.78 is 0. The molecule has 216 valence electrons. The van der Waals surface area contributed by atoms with E-state index in [1.54, 1.807) is 0 Å². The van der Waals surface area contributed by atoms with Crippen LogP contribution in [0, 0.1) is 62.3 Å². The SMILES string of the molecule is Cc1cc2[cH-]ccc2c(C)c1C.Cc1cc2[cH-]ccc2c(C)c1C.Cc1cc2[cH-]ccc2c(C)c1C.[Cl-].[Cl-].[Cl-].[Ti+2].[Ti+2].[Ti+2]. The smallest absolute Gasteiger partial charge is 1.00 e. The summed E-state index contributed by atoms with van der Waals surface area (Å²) >= 11 is 0. The molecule has 0 aliphatic heterocycles. The fourth-order valence-corrected chi connectivity index (χ4v) is 5.22. The number of aryl methyl sites for hydroxylation is 6. The molecular weight excluding hydrogens is 682 g/mol. The van der Waals surface area contributed by atoms with Gasteiger partial charge in [-0.2, -0.15) is 36.4 Å². The molecule has 0 radical (unpaired) electrons. The molecule has 0 atom stereocenters. The van der Waals surface area contributed by atoms with Crippen LogP contribution in [0.3, 0.4) is 0 Å². The maximum Gasteiger partial charge on any atom is 2.00 e. The monoisotopic (exact) mass is 720 g/mol. The maximum atomic E-state index is 2.26. The van der Waals surface area contributed by atoms with Gasteiger partial charge in [-0.05, 0) is 62.3 Å². The van der Waals surface area contributed by atoms with Crippen molar-refractivity contribution in [1.82, 2.24) is 0 Å². The second-order valence-electron chi connectivity index (χ2n) is 10.4. The molecule has 0 aliphatic carbocycles. The van der Waals surface area contributed by atoms with Gasteiger partial charge >= 0.3 is 65.2 Å². The third-order valence-corrected chi connectivity index (χ3v) is 8.34. The third-order valence-electron chi connectivity index (χ3n) is 8.34. The second kappa shape index (κ2) is 19.8. The molecule has 0 spiro atoms. The van der Waals surface area contributed by atoms with Crippen molar-refractivity contribution in [3.63, 3.8) is 0 Å². The van der Waals surface area contributed by atoms with Crippen LogP contribution < -0.4 is 37.2 Å². The van der Waals surface area contributed by atoms with Gasteiger partial charge in [0.25, 0.3) is 0 Å². The van der Waals surface area contributed by atoms with Crippen molar-refractivity contribution in [2.75, 3.05) is 0 Å². The standard InChI is InChI=1S/3C12H13.3ClH.3Ti/c3*1-8-7-11-5-4-6-12(11)10(3)9(8)2;;;;;;/h3*4-7H,1-3H3;3*1H;;;/q3*-1;;;;3*+2/p-3. The van der Waals surface area contributed by atoms with E-state index in [2.05, 4.69) is 135 Å². The van der Waals surface area contributed by atoms with Crippen molar-refractivity contribution < 1.29 is 102 Å². The molecule has 0 heterocycles. The van der Waals surface area contributed by atoms with E-state index >= 15 is 0 Å². The molecule has 6 aromatic carbocycles. The fourth-order valence-electron chi connectivity index (χ4n) is 5.22. The minimum absolute atomic E-state index is 0. The van der Waals surface area contributed by atoms with Crippen LogP contribution in [0.4, 0.5) is 0 Å². The summed E-state index contributed by atoms with van der Waals surface area (Å²) in [5.74, 6) is 0. The topological polar surface area (TPSA) is 0 Å². The van der Waals surface area contributed by atoms with Gasteiger partial charge in [0.05, 0.1) is 0 Å². The average Bonchev–Trinajstić information content (AvgIpc) is 3.61. The summed E-state index contributed by atoms with van der Waals surface area (Å²) in [6.07, 6.45) is 0. The van der Waals surface area contributed by atoms with E-state index in [1.807, 2.05) is 0 Å². The summed E-state index contributed by atoms with van der Waals surface area (Å²) in [6.45, 7) is 19.7. The van der Waals surface area contributed by atoms with Crippen molar-refractivity contribution in [1.29, 1.82) is 0 Å². The van der Waals surface area contributed by atoms with Gasteiger partial charge in [0.2, 0.25) is 0 Å². The zero-order valence-electron chi connectivity index (χ0n) is 26.1. The number of hydrogen-bond acceptors (Lipinski definition) is 0. The van der Waals surface area contributed by atoms with Gasteiger partial charge in [0.15, 0.2) is 0 Å². The van der Waals surface area contributed by atoms with Crippen molar-refractivity contribution in [2.45, 2.75) is 62.3 Å². The van der Waals surface area contributed by atoms with Crippen LogP contribution in [-0.4, -0.2) is 0 Å².